The number of primary amides is 2. The van der Waals surface area contributed by atoms with E-state index in [4.69, 9.17) is 11.5 Å². The molecule has 1 rings (SSSR count). The van der Waals surface area contributed by atoms with Crippen LogP contribution in [0.4, 0.5) is 0 Å². The van der Waals surface area contributed by atoms with E-state index in [2.05, 4.69) is 12.2 Å². The van der Waals surface area contributed by atoms with E-state index in [0.29, 0.717) is 18.5 Å². The Kier molecular flexibility index (Phi) is 13.6. The van der Waals surface area contributed by atoms with Crippen molar-refractivity contribution in [3.05, 3.63) is 11.6 Å². The van der Waals surface area contributed by atoms with Crippen molar-refractivity contribution in [1.82, 2.24) is 5.32 Å². The smallest absolute Gasteiger partial charge is 0.244 e. The molecule has 1 fully saturated rings. The van der Waals surface area contributed by atoms with Crippen molar-refractivity contribution in [1.29, 1.82) is 0 Å². The highest BCUT2D eigenvalue weighted by atomic mass is 16.2. The average Bonchev–Trinajstić information content (AvgIpc) is 3.30. The number of carbonyl (C=O) groups is 3. The molecule has 3 amide bonds. The highest BCUT2D eigenvalue weighted by Crippen LogP contribution is 2.13. The van der Waals surface area contributed by atoms with E-state index in [-0.39, 0.29) is 5.91 Å². The predicted molar refractivity (Wildman–Crippen MR) is 95.9 cm³/mol. The minimum Gasteiger partial charge on any atom is -0.366 e. The Hall–Kier alpha value is -1.85. The van der Waals surface area contributed by atoms with Gasteiger partial charge in [0.05, 0.1) is 6.54 Å². The minimum absolute atomic E-state index is 0.167. The molecule has 1 heterocycles. The fraction of sp³-hybridized carbons (Fsp3) is 0.722. The first-order valence-electron chi connectivity index (χ1n) is 9.03. The van der Waals surface area contributed by atoms with Crippen LogP contribution in [0.5, 0.6) is 0 Å². The highest BCUT2D eigenvalue weighted by molar-refractivity contribution is 5.99. The third-order valence-electron chi connectivity index (χ3n) is 3.75. The molecule has 0 aromatic rings. The number of amides is 3. The second-order valence-corrected chi connectivity index (χ2v) is 6.14. The van der Waals surface area contributed by atoms with Gasteiger partial charge in [0.15, 0.2) is 0 Å². The molecule has 0 bridgehead atoms. The van der Waals surface area contributed by atoms with Gasteiger partial charge in [-0.05, 0) is 12.8 Å². The summed E-state index contributed by atoms with van der Waals surface area (Å²) >= 11 is 0. The first-order valence-corrected chi connectivity index (χ1v) is 9.03. The maximum Gasteiger partial charge on any atom is 0.244 e. The van der Waals surface area contributed by atoms with Crippen molar-refractivity contribution in [2.75, 3.05) is 6.54 Å². The second kappa shape index (κ2) is 14.7. The molecule has 1 aliphatic rings. The molecule has 6 nitrogen and oxygen atoms in total. The van der Waals surface area contributed by atoms with Crippen molar-refractivity contribution in [3.8, 4) is 0 Å². The summed E-state index contributed by atoms with van der Waals surface area (Å²) in [7, 11) is 0. The lowest BCUT2D eigenvalue weighted by atomic mass is 10.0. The molecule has 5 N–H and O–H groups in total. The summed E-state index contributed by atoms with van der Waals surface area (Å²) in [6.07, 6.45) is 14.0. The van der Waals surface area contributed by atoms with Gasteiger partial charge in [-0.2, -0.15) is 0 Å². The van der Waals surface area contributed by atoms with E-state index in [1.54, 1.807) is 0 Å². The molecule has 0 spiro atoms. The summed E-state index contributed by atoms with van der Waals surface area (Å²) in [4.78, 5) is 31.3. The van der Waals surface area contributed by atoms with Crippen molar-refractivity contribution >= 4 is 17.7 Å². The topological polar surface area (TPSA) is 125 Å². The van der Waals surface area contributed by atoms with Gasteiger partial charge in [0.2, 0.25) is 17.7 Å². The van der Waals surface area contributed by atoms with Crippen LogP contribution in [0.1, 0.15) is 77.6 Å². The van der Waals surface area contributed by atoms with Crippen LogP contribution in [0.15, 0.2) is 11.6 Å². The molecule has 138 valence electrons. The van der Waals surface area contributed by atoms with Gasteiger partial charge in [-0.15, -0.1) is 0 Å². The zero-order chi connectivity index (χ0) is 18.2. The molecular formula is C18H33N3O3. The maximum atomic E-state index is 11.1. The number of hydrogen-bond donors (Lipinski definition) is 3. The summed E-state index contributed by atoms with van der Waals surface area (Å²) in [6, 6.07) is 0. The SMILES string of the molecule is CCCCCCCCCCCCC(=CC(N)=O)C(N)=O.O=C1CN1. The molecule has 0 aromatic carbocycles. The lowest BCUT2D eigenvalue weighted by Crippen LogP contribution is -2.17. The third-order valence-corrected chi connectivity index (χ3v) is 3.75. The van der Waals surface area contributed by atoms with Crippen LogP contribution in [0.2, 0.25) is 0 Å². The Morgan fingerprint density at radius 2 is 1.38 bits per heavy atom. The van der Waals surface area contributed by atoms with Crippen molar-refractivity contribution in [3.63, 3.8) is 0 Å². The van der Waals surface area contributed by atoms with Gasteiger partial charge in [-0.1, -0.05) is 64.7 Å². The first-order chi connectivity index (χ1) is 11.5. The fourth-order valence-corrected chi connectivity index (χ4v) is 2.28. The molecule has 0 saturated carbocycles. The zero-order valence-corrected chi connectivity index (χ0v) is 14.9. The predicted octanol–water partition coefficient (Wildman–Crippen LogP) is 2.31. The van der Waals surface area contributed by atoms with Crippen molar-refractivity contribution in [2.45, 2.75) is 77.6 Å². The van der Waals surface area contributed by atoms with Crippen molar-refractivity contribution in [2.24, 2.45) is 11.5 Å². The lowest BCUT2D eigenvalue weighted by Gasteiger charge is -2.04. The average molecular weight is 339 g/mol. The fourth-order valence-electron chi connectivity index (χ4n) is 2.28. The van der Waals surface area contributed by atoms with E-state index < -0.39 is 11.8 Å². The van der Waals surface area contributed by atoms with Gasteiger partial charge < -0.3 is 16.8 Å². The molecular weight excluding hydrogens is 306 g/mol. The van der Waals surface area contributed by atoms with Gasteiger partial charge >= 0.3 is 0 Å². The van der Waals surface area contributed by atoms with Gasteiger partial charge in [0.1, 0.15) is 0 Å². The molecule has 0 aromatic heterocycles. The van der Waals surface area contributed by atoms with Crippen molar-refractivity contribution < 1.29 is 14.4 Å². The molecule has 0 aliphatic carbocycles. The van der Waals surface area contributed by atoms with Crippen LogP contribution < -0.4 is 16.8 Å². The Morgan fingerprint density at radius 3 is 1.71 bits per heavy atom. The molecule has 24 heavy (non-hydrogen) atoms. The number of nitrogens with two attached hydrogens (primary N) is 2. The molecule has 6 heteroatoms. The van der Waals surface area contributed by atoms with Crippen LogP contribution in [0, 0.1) is 0 Å². The Balaban J connectivity index is 0.00000114. The summed E-state index contributed by atoms with van der Waals surface area (Å²) in [5.74, 6) is -0.981. The summed E-state index contributed by atoms with van der Waals surface area (Å²) in [5.41, 5.74) is 10.6. The molecule has 1 saturated heterocycles. The van der Waals surface area contributed by atoms with Gasteiger partial charge in [-0.3, -0.25) is 14.4 Å². The van der Waals surface area contributed by atoms with Gasteiger partial charge in [0.25, 0.3) is 0 Å². The van der Waals surface area contributed by atoms with Crippen LogP contribution >= 0.6 is 0 Å². The summed E-state index contributed by atoms with van der Waals surface area (Å²) in [6.45, 7) is 2.83. The normalized spacial score (nSPS) is 12.9. The molecule has 0 atom stereocenters. The number of nitrogens with one attached hydrogen (secondary N) is 1. The largest absolute Gasteiger partial charge is 0.366 e. The lowest BCUT2D eigenvalue weighted by molar-refractivity contribution is -0.116. The second-order valence-electron chi connectivity index (χ2n) is 6.14. The number of rotatable bonds is 13. The number of carbonyl (C=O) groups excluding carboxylic acids is 3. The van der Waals surface area contributed by atoms with E-state index in [1.165, 1.54) is 51.4 Å². The molecule has 0 radical (unpaired) electrons. The quantitative estimate of drug-likeness (QED) is 0.271. The first kappa shape index (κ1) is 22.1. The number of hydrogen-bond acceptors (Lipinski definition) is 3. The van der Waals surface area contributed by atoms with Gasteiger partial charge in [0, 0.05) is 11.6 Å². The van der Waals surface area contributed by atoms with Crippen LogP contribution in [-0.4, -0.2) is 24.3 Å². The third kappa shape index (κ3) is 16.5. The number of unbranched alkanes of at least 4 members (excludes halogenated alkanes) is 9. The molecule has 0 unspecified atom stereocenters. The van der Waals surface area contributed by atoms with E-state index in [1.807, 2.05) is 0 Å². The standard InChI is InChI=1S/C16H30N2O2.C2H3NO/c1-2-3-4-5-6-7-8-9-10-11-12-14(16(18)20)13-15(17)19;4-2-1-3-2/h13H,2-12H2,1H3,(H2,17,19)(H2,18,20);1H2,(H,3,4). The summed E-state index contributed by atoms with van der Waals surface area (Å²) < 4.78 is 0. The molecule has 1 aliphatic heterocycles. The summed E-state index contributed by atoms with van der Waals surface area (Å²) in [5, 5.41) is 2.46. The Bertz CT molecular complexity index is 414. The maximum absolute atomic E-state index is 11.1. The van der Waals surface area contributed by atoms with Crippen LogP contribution in [0.3, 0.4) is 0 Å². The Labute approximate surface area is 145 Å². The zero-order valence-electron chi connectivity index (χ0n) is 14.9. The minimum atomic E-state index is -0.606. The van der Waals surface area contributed by atoms with E-state index in [0.717, 1.165) is 18.9 Å². The monoisotopic (exact) mass is 339 g/mol. The Morgan fingerprint density at radius 1 is 0.958 bits per heavy atom. The van der Waals surface area contributed by atoms with Gasteiger partial charge in [-0.25, -0.2) is 0 Å². The van der Waals surface area contributed by atoms with Crippen LogP contribution in [0.25, 0.3) is 0 Å². The van der Waals surface area contributed by atoms with E-state index in [9.17, 15) is 14.4 Å². The highest BCUT2D eigenvalue weighted by Gasteiger charge is 2.10. The van der Waals surface area contributed by atoms with Crippen LogP contribution in [-0.2, 0) is 14.4 Å². The van der Waals surface area contributed by atoms with E-state index >= 15 is 0 Å².